The first kappa shape index (κ1) is 13.0. The summed E-state index contributed by atoms with van der Waals surface area (Å²) in [6.45, 7) is 8.80. The SMILES string of the molecule is CC(C)c1cccc(C(C)C)c1-n1cn[nH]c1=S. The van der Waals surface area contributed by atoms with Crippen LogP contribution in [-0.2, 0) is 0 Å². The fourth-order valence-electron chi connectivity index (χ4n) is 2.20. The number of rotatable bonds is 3. The molecule has 0 fully saturated rings. The molecule has 0 unspecified atom stereocenters. The van der Waals surface area contributed by atoms with E-state index in [0.29, 0.717) is 16.6 Å². The van der Waals surface area contributed by atoms with Gasteiger partial charge in [0, 0.05) is 0 Å². The normalized spacial score (nSPS) is 11.4. The molecular formula is C14H19N3S. The van der Waals surface area contributed by atoms with Gasteiger partial charge in [0.2, 0.25) is 0 Å². The van der Waals surface area contributed by atoms with Gasteiger partial charge in [-0.05, 0) is 35.2 Å². The summed E-state index contributed by atoms with van der Waals surface area (Å²) in [5.74, 6) is 0.908. The molecule has 0 amide bonds. The topological polar surface area (TPSA) is 33.6 Å². The van der Waals surface area contributed by atoms with Crippen molar-refractivity contribution in [3.8, 4) is 5.69 Å². The molecule has 0 radical (unpaired) electrons. The third kappa shape index (κ3) is 2.25. The summed E-state index contributed by atoms with van der Waals surface area (Å²) in [6.07, 6.45) is 1.76. The Labute approximate surface area is 113 Å². The Morgan fingerprint density at radius 2 is 1.67 bits per heavy atom. The lowest BCUT2D eigenvalue weighted by Crippen LogP contribution is -2.06. The maximum atomic E-state index is 5.30. The number of para-hydroxylation sites is 1. The molecule has 1 aromatic carbocycles. The van der Waals surface area contributed by atoms with Crippen molar-refractivity contribution in [2.75, 3.05) is 0 Å². The summed E-state index contributed by atoms with van der Waals surface area (Å²) in [6, 6.07) is 6.46. The molecule has 3 nitrogen and oxygen atoms in total. The van der Waals surface area contributed by atoms with Crippen LogP contribution in [0.25, 0.3) is 5.69 Å². The first-order valence-electron chi connectivity index (χ1n) is 6.27. The van der Waals surface area contributed by atoms with E-state index in [9.17, 15) is 0 Å². The summed E-state index contributed by atoms with van der Waals surface area (Å²) in [7, 11) is 0. The standard InChI is InChI=1S/C14H19N3S/c1-9(2)11-6-5-7-12(10(3)4)13(11)17-8-15-16-14(17)18/h5-10H,1-4H3,(H,16,18). The van der Waals surface area contributed by atoms with Gasteiger partial charge in [-0.2, -0.15) is 5.10 Å². The molecule has 0 bridgehead atoms. The van der Waals surface area contributed by atoms with E-state index in [1.165, 1.54) is 16.8 Å². The van der Waals surface area contributed by atoms with Crippen LogP contribution in [0.5, 0.6) is 0 Å². The van der Waals surface area contributed by atoms with Gasteiger partial charge in [0.15, 0.2) is 4.77 Å². The molecule has 0 aliphatic rings. The van der Waals surface area contributed by atoms with E-state index in [1.54, 1.807) is 6.33 Å². The molecule has 0 saturated heterocycles. The Bertz CT molecular complexity index is 567. The molecular weight excluding hydrogens is 242 g/mol. The van der Waals surface area contributed by atoms with Gasteiger partial charge in [-0.3, -0.25) is 9.67 Å². The lowest BCUT2D eigenvalue weighted by atomic mass is 9.92. The van der Waals surface area contributed by atoms with Crippen molar-refractivity contribution in [1.82, 2.24) is 14.8 Å². The maximum absolute atomic E-state index is 5.30. The van der Waals surface area contributed by atoms with Gasteiger partial charge in [-0.1, -0.05) is 45.9 Å². The molecule has 1 heterocycles. The molecule has 96 valence electrons. The van der Waals surface area contributed by atoms with Gasteiger partial charge in [0.05, 0.1) is 5.69 Å². The highest BCUT2D eigenvalue weighted by atomic mass is 32.1. The number of aromatic nitrogens is 3. The van der Waals surface area contributed by atoms with Crippen molar-refractivity contribution >= 4 is 12.2 Å². The Morgan fingerprint density at radius 1 is 1.11 bits per heavy atom. The van der Waals surface area contributed by atoms with Crippen molar-refractivity contribution in [2.45, 2.75) is 39.5 Å². The number of hydrogen-bond acceptors (Lipinski definition) is 2. The Kier molecular flexibility index (Phi) is 3.66. The van der Waals surface area contributed by atoms with Crippen molar-refractivity contribution < 1.29 is 0 Å². The first-order chi connectivity index (χ1) is 8.52. The molecule has 2 rings (SSSR count). The van der Waals surface area contributed by atoms with Crippen LogP contribution >= 0.6 is 12.2 Å². The van der Waals surface area contributed by atoms with Crippen LogP contribution in [0, 0.1) is 4.77 Å². The zero-order valence-electron chi connectivity index (χ0n) is 11.3. The molecule has 18 heavy (non-hydrogen) atoms. The predicted molar refractivity (Wildman–Crippen MR) is 76.9 cm³/mol. The van der Waals surface area contributed by atoms with Crippen LogP contribution in [0.1, 0.15) is 50.7 Å². The van der Waals surface area contributed by atoms with Crippen LogP contribution in [0.15, 0.2) is 24.5 Å². The van der Waals surface area contributed by atoms with Crippen molar-refractivity contribution in [3.05, 3.63) is 40.4 Å². The monoisotopic (exact) mass is 261 g/mol. The molecule has 0 atom stereocenters. The van der Waals surface area contributed by atoms with Crippen LogP contribution in [0.4, 0.5) is 0 Å². The van der Waals surface area contributed by atoms with Gasteiger partial charge in [-0.25, -0.2) is 0 Å². The number of H-pyrrole nitrogens is 1. The fourth-order valence-corrected chi connectivity index (χ4v) is 2.39. The summed E-state index contributed by atoms with van der Waals surface area (Å²) < 4.78 is 2.62. The van der Waals surface area contributed by atoms with Crippen LogP contribution in [-0.4, -0.2) is 14.8 Å². The van der Waals surface area contributed by atoms with Gasteiger partial charge >= 0.3 is 0 Å². The summed E-state index contributed by atoms with van der Waals surface area (Å²) >= 11 is 5.30. The molecule has 2 aromatic rings. The lowest BCUT2D eigenvalue weighted by molar-refractivity contribution is 0.802. The zero-order chi connectivity index (χ0) is 13.3. The second kappa shape index (κ2) is 5.06. The number of nitrogens with one attached hydrogen (secondary N) is 1. The number of aromatic amines is 1. The predicted octanol–water partition coefficient (Wildman–Crippen LogP) is 4.18. The minimum Gasteiger partial charge on any atom is -0.274 e. The van der Waals surface area contributed by atoms with Gasteiger partial charge in [0.25, 0.3) is 0 Å². The van der Waals surface area contributed by atoms with E-state index < -0.39 is 0 Å². The lowest BCUT2D eigenvalue weighted by Gasteiger charge is -2.19. The van der Waals surface area contributed by atoms with E-state index >= 15 is 0 Å². The molecule has 1 aromatic heterocycles. The minimum absolute atomic E-state index is 0.454. The van der Waals surface area contributed by atoms with Crippen molar-refractivity contribution in [2.24, 2.45) is 0 Å². The average Bonchev–Trinajstić information content (AvgIpc) is 2.74. The minimum atomic E-state index is 0.454. The quantitative estimate of drug-likeness (QED) is 0.841. The highest BCUT2D eigenvalue weighted by Gasteiger charge is 2.15. The fraction of sp³-hybridized carbons (Fsp3) is 0.429. The van der Waals surface area contributed by atoms with Crippen LogP contribution in [0.2, 0.25) is 0 Å². The number of nitrogens with zero attached hydrogens (tertiary/aromatic N) is 2. The van der Waals surface area contributed by atoms with Crippen molar-refractivity contribution in [1.29, 1.82) is 0 Å². The highest BCUT2D eigenvalue weighted by molar-refractivity contribution is 7.71. The number of benzene rings is 1. The molecule has 1 N–H and O–H groups in total. The summed E-state index contributed by atoms with van der Waals surface area (Å²) in [5.41, 5.74) is 3.79. The van der Waals surface area contributed by atoms with Crippen LogP contribution in [0.3, 0.4) is 0 Å². The van der Waals surface area contributed by atoms with Gasteiger partial charge in [-0.15, -0.1) is 0 Å². The Morgan fingerprint density at radius 3 is 2.06 bits per heavy atom. The third-order valence-corrected chi connectivity index (χ3v) is 3.42. The summed E-state index contributed by atoms with van der Waals surface area (Å²) in [5, 5.41) is 6.86. The first-order valence-corrected chi connectivity index (χ1v) is 6.68. The third-order valence-electron chi connectivity index (χ3n) is 3.14. The van der Waals surface area contributed by atoms with E-state index in [0.717, 1.165) is 0 Å². The summed E-state index contributed by atoms with van der Waals surface area (Å²) in [4.78, 5) is 0. The molecule has 4 heteroatoms. The van der Waals surface area contributed by atoms with E-state index in [2.05, 4.69) is 56.1 Å². The smallest absolute Gasteiger partial charge is 0.199 e. The average molecular weight is 261 g/mol. The van der Waals surface area contributed by atoms with E-state index in [1.807, 2.05) is 4.57 Å². The molecule has 0 spiro atoms. The maximum Gasteiger partial charge on any atom is 0.199 e. The van der Waals surface area contributed by atoms with E-state index in [-0.39, 0.29) is 0 Å². The molecule has 0 aliphatic heterocycles. The number of hydrogen-bond donors (Lipinski definition) is 1. The second-order valence-electron chi connectivity index (χ2n) is 5.13. The Balaban J connectivity index is 2.77. The molecule has 0 saturated carbocycles. The van der Waals surface area contributed by atoms with Gasteiger partial charge < -0.3 is 0 Å². The van der Waals surface area contributed by atoms with Crippen LogP contribution < -0.4 is 0 Å². The second-order valence-corrected chi connectivity index (χ2v) is 5.51. The Hall–Kier alpha value is -1.42. The van der Waals surface area contributed by atoms with Gasteiger partial charge in [0.1, 0.15) is 6.33 Å². The largest absolute Gasteiger partial charge is 0.274 e. The zero-order valence-corrected chi connectivity index (χ0v) is 12.1. The van der Waals surface area contributed by atoms with Crippen molar-refractivity contribution in [3.63, 3.8) is 0 Å². The molecule has 0 aliphatic carbocycles. The van der Waals surface area contributed by atoms with E-state index in [4.69, 9.17) is 12.2 Å². The highest BCUT2D eigenvalue weighted by Crippen LogP contribution is 2.30.